The predicted octanol–water partition coefficient (Wildman–Crippen LogP) is 7.59. The van der Waals surface area contributed by atoms with E-state index in [1.54, 1.807) is 17.8 Å². The van der Waals surface area contributed by atoms with E-state index < -0.39 is 11.7 Å². The molecule has 208 valence electrons. The van der Waals surface area contributed by atoms with Crippen LogP contribution in [0.2, 0.25) is 0 Å². The van der Waals surface area contributed by atoms with E-state index in [0.29, 0.717) is 12.2 Å². The number of hydrogen-bond donors (Lipinski definition) is 0. The molecule has 2 aromatic carbocycles. The first-order chi connectivity index (χ1) is 17.4. The van der Waals surface area contributed by atoms with Crippen molar-refractivity contribution in [2.24, 2.45) is 23.7 Å². The molecule has 38 heavy (non-hydrogen) atoms. The molecule has 0 amide bonds. The normalized spacial score (nSPS) is 30.3. The molecule has 4 saturated carbocycles. The van der Waals surface area contributed by atoms with Gasteiger partial charge in [-0.1, -0.05) is 23.9 Å². The van der Waals surface area contributed by atoms with Gasteiger partial charge in [-0.25, -0.2) is 0 Å². The Morgan fingerprint density at radius 1 is 0.737 bits per heavy atom. The summed E-state index contributed by atoms with van der Waals surface area (Å²) in [6.45, 7) is 5.95. The standard InChI is InChI=1S/C29H34F3N3S.2ClH/c30-29(31,32)23-5-6-27-25(18-23)35(24-3-1-2-4-26(24)36-27)12-9-33-7-10-34(11-8-33)28-21-14-19-13-20(16-21)17-22(28)15-19;;/h1-6,18-22,28H,7-17H2;2*1H. The third-order valence-electron chi connectivity index (χ3n) is 9.60. The van der Waals surface area contributed by atoms with Crippen LogP contribution >= 0.6 is 36.6 Å². The number of alkyl halides is 3. The van der Waals surface area contributed by atoms with Crippen LogP contribution in [0.3, 0.4) is 0 Å². The van der Waals surface area contributed by atoms with E-state index in [1.807, 2.05) is 18.2 Å². The average Bonchev–Trinajstić information content (AvgIpc) is 2.86. The molecule has 2 heterocycles. The van der Waals surface area contributed by atoms with Gasteiger partial charge in [0.2, 0.25) is 0 Å². The van der Waals surface area contributed by atoms with Crippen molar-refractivity contribution in [3.8, 4) is 0 Å². The Balaban J connectivity index is 0.00000147. The second-order valence-corrected chi connectivity index (χ2v) is 12.8. The minimum absolute atomic E-state index is 0. The largest absolute Gasteiger partial charge is 0.416 e. The van der Waals surface area contributed by atoms with Crippen LogP contribution in [0.1, 0.15) is 37.7 Å². The second-order valence-electron chi connectivity index (χ2n) is 11.7. The molecule has 0 spiro atoms. The summed E-state index contributed by atoms with van der Waals surface area (Å²) >= 11 is 1.56. The second kappa shape index (κ2) is 11.0. The van der Waals surface area contributed by atoms with E-state index in [4.69, 9.17) is 0 Å². The van der Waals surface area contributed by atoms with Crippen LogP contribution < -0.4 is 4.90 Å². The van der Waals surface area contributed by atoms with Gasteiger partial charge in [0.1, 0.15) is 0 Å². The number of anilines is 2. The molecule has 4 bridgehead atoms. The highest BCUT2D eigenvalue weighted by Crippen LogP contribution is 2.55. The van der Waals surface area contributed by atoms with Gasteiger partial charge >= 0.3 is 6.18 Å². The average molecular weight is 587 g/mol. The van der Waals surface area contributed by atoms with Crippen molar-refractivity contribution < 1.29 is 13.2 Å². The summed E-state index contributed by atoms with van der Waals surface area (Å²) in [4.78, 5) is 9.44. The Bertz CT molecular complexity index is 1110. The molecule has 0 radical (unpaired) electrons. The molecular weight excluding hydrogens is 550 g/mol. The first-order valence-electron chi connectivity index (χ1n) is 13.6. The molecule has 3 nitrogen and oxygen atoms in total. The highest BCUT2D eigenvalue weighted by Gasteiger charge is 2.50. The summed E-state index contributed by atoms with van der Waals surface area (Å²) in [5, 5.41) is 0. The predicted molar refractivity (Wildman–Crippen MR) is 152 cm³/mol. The van der Waals surface area contributed by atoms with Crippen molar-refractivity contribution in [2.75, 3.05) is 44.2 Å². The lowest BCUT2D eigenvalue weighted by molar-refractivity contribution is -0.137. The van der Waals surface area contributed by atoms with Crippen LogP contribution in [0.5, 0.6) is 0 Å². The molecule has 6 aliphatic rings. The number of para-hydroxylation sites is 1. The molecule has 2 aromatic rings. The summed E-state index contributed by atoms with van der Waals surface area (Å²) < 4.78 is 40.6. The number of rotatable bonds is 4. The van der Waals surface area contributed by atoms with E-state index in [1.165, 1.54) is 44.2 Å². The van der Waals surface area contributed by atoms with Gasteiger partial charge in [-0.3, -0.25) is 9.80 Å². The first-order valence-corrected chi connectivity index (χ1v) is 14.5. The Morgan fingerprint density at radius 2 is 1.37 bits per heavy atom. The number of nitrogens with zero attached hydrogens (tertiary/aromatic N) is 3. The van der Waals surface area contributed by atoms with Gasteiger partial charge < -0.3 is 4.90 Å². The molecule has 4 aliphatic carbocycles. The quantitative estimate of drug-likeness (QED) is 0.365. The zero-order chi connectivity index (χ0) is 24.4. The molecule has 9 heteroatoms. The summed E-state index contributed by atoms with van der Waals surface area (Å²) in [5.74, 6) is 3.87. The highest BCUT2D eigenvalue weighted by atomic mass is 35.5. The van der Waals surface area contributed by atoms with Crippen molar-refractivity contribution in [1.82, 2.24) is 9.80 Å². The van der Waals surface area contributed by atoms with Crippen LogP contribution in [0.4, 0.5) is 24.5 Å². The number of fused-ring (bicyclic) bond motifs is 2. The Kier molecular flexibility index (Phi) is 8.25. The maximum Gasteiger partial charge on any atom is 0.416 e. The molecule has 0 unspecified atom stereocenters. The van der Waals surface area contributed by atoms with Crippen molar-refractivity contribution in [2.45, 2.75) is 54.1 Å². The first kappa shape index (κ1) is 28.4. The van der Waals surface area contributed by atoms with Gasteiger partial charge in [0.15, 0.2) is 0 Å². The van der Waals surface area contributed by atoms with Gasteiger partial charge in [-0.15, -0.1) is 24.8 Å². The van der Waals surface area contributed by atoms with Crippen LogP contribution in [0, 0.1) is 23.7 Å². The Hall–Kier alpha value is -1.12. The molecule has 0 atom stereocenters. The minimum Gasteiger partial charge on any atom is -0.338 e. The van der Waals surface area contributed by atoms with Crippen molar-refractivity contribution in [3.05, 3.63) is 48.0 Å². The molecule has 8 rings (SSSR count). The van der Waals surface area contributed by atoms with Crippen LogP contribution in [0.25, 0.3) is 0 Å². The maximum atomic E-state index is 13.5. The number of benzene rings is 2. The van der Waals surface area contributed by atoms with Gasteiger partial charge in [-0.05, 0) is 86.1 Å². The fourth-order valence-electron chi connectivity index (χ4n) is 8.27. The fraction of sp³-hybridized carbons (Fsp3) is 0.586. The third-order valence-corrected chi connectivity index (χ3v) is 10.7. The highest BCUT2D eigenvalue weighted by molar-refractivity contribution is 7.99. The number of piperazine rings is 1. The molecule has 0 N–H and O–H groups in total. The van der Waals surface area contributed by atoms with E-state index in [0.717, 1.165) is 77.9 Å². The monoisotopic (exact) mass is 585 g/mol. The van der Waals surface area contributed by atoms with Gasteiger partial charge in [0.05, 0.1) is 16.9 Å². The third kappa shape index (κ3) is 5.18. The zero-order valence-electron chi connectivity index (χ0n) is 21.4. The molecule has 1 saturated heterocycles. The number of halogens is 5. The van der Waals surface area contributed by atoms with Crippen LogP contribution in [-0.4, -0.2) is 55.1 Å². The number of hydrogen-bond acceptors (Lipinski definition) is 4. The molecule has 0 aromatic heterocycles. The topological polar surface area (TPSA) is 9.72 Å². The van der Waals surface area contributed by atoms with Gasteiger partial charge in [-0.2, -0.15) is 13.2 Å². The van der Waals surface area contributed by atoms with Crippen LogP contribution in [0.15, 0.2) is 52.3 Å². The molecular formula is C29H36Cl2F3N3S. The lowest BCUT2D eigenvalue weighted by atomic mass is 9.54. The summed E-state index contributed by atoms with van der Waals surface area (Å²) in [5.41, 5.74) is 1.12. The summed E-state index contributed by atoms with van der Waals surface area (Å²) in [7, 11) is 0. The van der Waals surface area contributed by atoms with E-state index in [2.05, 4.69) is 20.8 Å². The van der Waals surface area contributed by atoms with Crippen molar-refractivity contribution in [1.29, 1.82) is 0 Å². The van der Waals surface area contributed by atoms with Gasteiger partial charge in [0, 0.05) is 55.1 Å². The smallest absolute Gasteiger partial charge is 0.338 e. The van der Waals surface area contributed by atoms with E-state index in [9.17, 15) is 13.2 Å². The van der Waals surface area contributed by atoms with E-state index in [-0.39, 0.29) is 24.8 Å². The van der Waals surface area contributed by atoms with Crippen molar-refractivity contribution >= 4 is 48.0 Å². The van der Waals surface area contributed by atoms with Gasteiger partial charge in [0.25, 0.3) is 0 Å². The van der Waals surface area contributed by atoms with Crippen LogP contribution in [-0.2, 0) is 6.18 Å². The zero-order valence-corrected chi connectivity index (χ0v) is 23.9. The Morgan fingerprint density at radius 3 is 2.03 bits per heavy atom. The summed E-state index contributed by atoms with van der Waals surface area (Å²) in [6, 6.07) is 13.1. The van der Waals surface area contributed by atoms with Crippen molar-refractivity contribution in [3.63, 3.8) is 0 Å². The SMILES string of the molecule is Cl.Cl.FC(F)(F)c1ccc2c(c1)N(CCN1CCN(C3C4CC5CC(C4)CC3C5)CC1)c1ccccc1S2. The molecule has 2 aliphatic heterocycles. The molecule has 5 fully saturated rings. The maximum absolute atomic E-state index is 13.5. The Labute approximate surface area is 240 Å². The van der Waals surface area contributed by atoms with E-state index >= 15 is 0 Å². The minimum atomic E-state index is -4.34. The lowest BCUT2D eigenvalue weighted by Gasteiger charge is -2.58. The summed E-state index contributed by atoms with van der Waals surface area (Å²) in [6.07, 6.45) is 3.01. The fourth-order valence-corrected chi connectivity index (χ4v) is 9.34. The lowest BCUT2D eigenvalue weighted by Crippen LogP contribution is -2.60.